The maximum absolute atomic E-state index is 11.0. The molecule has 23 heavy (non-hydrogen) atoms. The Labute approximate surface area is 136 Å². The van der Waals surface area contributed by atoms with Gasteiger partial charge in [0.25, 0.3) is 5.56 Å². The minimum absolute atomic E-state index is 0.195. The molecular formula is C18H23N3O2. The molecule has 0 amide bonds. The van der Waals surface area contributed by atoms with Crippen molar-refractivity contribution in [3.63, 3.8) is 0 Å². The van der Waals surface area contributed by atoms with Crippen LogP contribution in [0.2, 0.25) is 0 Å². The largest absolute Gasteiger partial charge is 0.494 e. The quantitative estimate of drug-likeness (QED) is 0.735. The Balaban J connectivity index is 1.38. The number of benzene rings is 1. The van der Waals surface area contributed by atoms with E-state index in [1.54, 1.807) is 6.07 Å². The molecular weight excluding hydrogens is 290 g/mol. The highest BCUT2D eigenvalue weighted by Crippen LogP contribution is 2.25. The number of aromatic nitrogens is 2. The average molecular weight is 313 g/mol. The Morgan fingerprint density at radius 2 is 2.00 bits per heavy atom. The fourth-order valence-corrected chi connectivity index (χ4v) is 2.62. The predicted molar refractivity (Wildman–Crippen MR) is 90.6 cm³/mol. The standard InChI is InChI=1S/C18H23N3O2/c22-18-10-9-17(20-21-18)15-5-7-16(8-6-15)23-12-2-11-19-13-14-3-1-4-14/h5-10,14,19H,1-4,11-13H2,(H,21,22). The van der Waals surface area contributed by atoms with E-state index in [2.05, 4.69) is 15.5 Å². The van der Waals surface area contributed by atoms with Crippen LogP contribution in [0.5, 0.6) is 5.75 Å². The summed E-state index contributed by atoms with van der Waals surface area (Å²) in [5, 5.41) is 9.94. The fourth-order valence-electron chi connectivity index (χ4n) is 2.62. The van der Waals surface area contributed by atoms with Crippen molar-refractivity contribution in [3.05, 3.63) is 46.8 Å². The molecule has 0 bridgehead atoms. The summed E-state index contributed by atoms with van der Waals surface area (Å²) in [6, 6.07) is 11.0. The Hall–Kier alpha value is -2.14. The van der Waals surface area contributed by atoms with Gasteiger partial charge in [0, 0.05) is 11.6 Å². The molecule has 0 radical (unpaired) electrons. The third-order valence-electron chi connectivity index (χ3n) is 4.25. The van der Waals surface area contributed by atoms with Gasteiger partial charge in [-0.2, -0.15) is 5.10 Å². The molecule has 1 aromatic heterocycles. The maximum Gasteiger partial charge on any atom is 0.264 e. The zero-order valence-electron chi connectivity index (χ0n) is 13.3. The highest BCUT2D eigenvalue weighted by Gasteiger charge is 2.15. The molecule has 5 heteroatoms. The van der Waals surface area contributed by atoms with E-state index in [1.165, 1.54) is 25.3 Å². The third-order valence-corrected chi connectivity index (χ3v) is 4.25. The number of nitrogens with one attached hydrogen (secondary N) is 2. The Morgan fingerprint density at radius 1 is 1.17 bits per heavy atom. The summed E-state index contributed by atoms with van der Waals surface area (Å²) in [5.41, 5.74) is 1.51. The van der Waals surface area contributed by atoms with E-state index in [0.717, 1.165) is 42.4 Å². The van der Waals surface area contributed by atoms with Gasteiger partial charge in [0.05, 0.1) is 12.3 Å². The van der Waals surface area contributed by atoms with E-state index in [0.29, 0.717) is 6.61 Å². The number of nitrogens with zero attached hydrogens (tertiary/aromatic N) is 1. The van der Waals surface area contributed by atoms with Gasteiger partial charge in [0.2, 0.25) is 0 Å². The Bertz CT molecular complexity index is 642. The van der Waals surface area contributed by atoms with Crippen LogP contribution < -0.4 is 15.6 Å². The molecule has 0 saturated heterocycles. The van der Waals surface area contributed by atoms with Crippen LogP contribution in [0, 0.1) is 5.92 Å². The number of H-pyrrole nitrogens is 1. The highest BCUT2D eigenvalue weighted by atomic mass is 16.5. The molecule has 122 valence electrons. The summed E-state index contributed by atoms with van der Waals surface area (Å²) >= 11 is 0. The van der Waals surface area contributed by atoms with Crippen molar-refractivity contribution in [3.8, 4) is 17.0 Å². The van der Waals surface area contributed by atoms with Crippen LogP contribution in [0.3, 0.4) is 0 Å². The number of hydrogen-bond acceptors (Lipinski definition) is 4. The third kappa shape index (κ3) is 4.66. The second-order valence-electron chi connectivity index (χ2n) is 6.03. The summed E-state index contributed by atoms with van der Waals surface area (Å²) < 4.78 is 5.75. The average Bonchev–Trinajstić information content (AvgIpc) is 2.54. The topological polar surface area (TPSA) is 67.0 Å². The van der Waals surface area contributed by atoms with Crippen molar-refractivity contribution in [1.82, 2.24) is 15.5 Å². The SMILES string of the molecule is O=c1ccc(-c2ccc(OCCCNCC3CCC3)cc2)n[nH]1. The lowest BCUT2D eigenvalue weighted by Gasteiger charge is -2.25. The van der Waals surface area contributed by atoms with Gasteiger partial charge < -0.3 is 10.1 Å². The van der Waals surface area contributed by atoms with Crippen molar-refractivity contribution in [2.45, 2.75) is 25.7 Å². The first kappa shape index (κ1) is 15.7. The molecule has 1 saturated carbocycles. The zero-order valence-corrected chi connectivity index (χ0v) is 13.3. The molecule has 1 aliphatic rings. The molecule has 1 fully saturated rings. The second-order valence-corrected chi connectivity index (χ2v) is 6.03. The highest BCUT2D eigenvalue weighted by molar-refractivity contribution is 5.59. The molecule has 0 spiro atoms. The van der Waals surface area contributed by atoms with Crippen molar-refractivity contribution < 1.29 is 4.74 Å². The van der Waals surface area contributed by atoms with E-state index >= 15 is 0 Å². The summed E-state index contributed by atoms with van der Waals surface area (Å²) in [4.78, 5) is 11.0. The van der Waals surface area contributed by atoms with E-state index in [9.17, 15) is 4.79 Å². The van der Waals surface area contributed by atoms with Gasteiger partial charge in [-0.25, -0.2) is 5.10 Å². The monoisotopic (exact) mass is 313 g/mol. The maximum atomic E-state index is 11.0. The molecule has 5 nitrogen and oxygen atoms in total. The van der Waals surface area contributed by atoms with Crippen molar-refractivity contribution in [1.29, 1.82) is 0 Å². The van der Waals surface area contributed by atoms with Crippen LogP contribution in [-0.2, 0) is 0 Å². The Kier molecular flexibility index (Phi) is 5.42. The smallest absolute Gasteiger partial charge is 0.264 e. The lowest BCUT2D eigenvalue weighted by Crippen LogP contribution is -2.28. The first-order chi connectivity index (χ1) is 11.3. The van der Waals surface area contributed by atoms with Crippen LogP contribution in [0.25, 0.3) is 11.3 Å². The summed E-state index contributed by atoms with van der Waals surface area (Å²) in [6.45, 7) is 2.88. The molecule has 1 aliphatic carbocycles. The normalized spacial score (nSPS) is 14.4. The molecule has 0 atom stereocenters. The predicted octanol–water partition coefficient (Wildman–Crippen LogP) is 2.60. The van der Waals surface area contributed by atoms with E-state index < -0.39 is 0 Å². The zero-order chi connectivity index (χ0) is 15.9. The van der Waals surface area contributed by atoms with Crippen molar-refractivity contribution in [2.24, 2.45) is 5.92 Å². The fraction of sp³-hybridized carbons (Fsp3) is 0.444. The number of ether oxygens (including phenoxy) is 1. The molecule has 1 aromatic carbocycles. The summed E-state index contributed by atoms with van der Waals surface area (Å²) in [7, 11) is 0. The molecule has 0 unspecified atom stereocenters. The van der Waals surface area contributed by atoms with Crippen LogP contribution in [0.1, 0.15) is 25.7 Å². The van der Waals surface area contributed by atoms with E-state index in [4.69, 9.17) is 4.74 Å². The van der Waals surface area contributed by atoms with Crippen molar-refractivity contribution >= 4 is 0 Å². The molecule has 2 aromatic rings. The first-order valence-corrected chi connectivity index (χ1v) is 8.31. The van der Waals surface area contributed by atoms with Crippen LogP contribution in [0.15, 0.2) is 41.2 Å². The van der Waals surface area contributed by atoms with Crippen LogP contribution >= 0.6 is 0 Å². The van der Waals surface area contributed by atoms with Crippen LogP contribution in [-0.4, -0.2) is 29.9 Å². The van der Waals surface area contributed by atoms with E-state index in [1.807, 2.05) is 24.3 Å². The number of rotatable bonds is 8. The second kappa shape index (κ2) is 7.92. The van der Waals surface area contributed by atoms with Crippen molar-refractivity contribution in [2.75, 3.05) is 19.7 Å². The minimum Gasteiger partial charge on any atom is -0.494 e. The Morgan fingerprint density at radius 3 is 2.65 bits per heavy atom. The van der Waals surface area contributed by atoms with Gasteiger partial charge in [0.1, 0.15) is 5.75 Å². The lowest BCUT2D eigenvalue weighted by atomic mass is 9.85. The summed E-state index contributed by atoms with van der Waals surface area (Å²) in [6.07, 6.45) is 5.19. The van der Waals surface area contributed by atoms with Gasteiger partial charge >= 0.3 is 0 Å². The van der Waals surface area contributed by atoms with Gasteiger partial charge in [-0.3, -0.25) is 4.79 Å². The minimum atomic E-state index is -0.195. The molecule has 1 heterocycles. The van der Waals surface area contributed by atoms with Gasteiger partial charge in [-0.05, 0) is 68.6 Å². The van der Waals surface area contributed by atoms with Gasteiger partial charge in [-0.1, -0.05) is 6.42 Å². The lowest BCUT2D eigenvalue weighted by molar-refractivity contribution is 0.284. The van der Waals surface area contributed by atoms with Crippen LogP contribution in [0.4, 0.5) is 0 Å². The summed E-state index contributed by atoms with van der Waals surface area (Å²) in [5.74, 6) is 1.77. The van der Waals surface area contributed by atoms with Gasteiger partial charge in [0.15, 0.2) is 0 Å². The first-order valence-electron chi connectivity index (χ1n) is 8.31. The molecule has 2 N–H and O–H groups in total. The number of aromatic amines is 1. The van der Waals surface area contributed by atoms with Gasteiger partial charge in [-0.15, -0.1) is 0 Å². The number of hydrogen-bond donors (Lipinski definition) is 2. The molecule has 3 rings (SSSR count). The van der Waals surface area contributed by atoms with E-state index in [-0.39, 0.29) is 5.56 Å². The molecule has 0 aliphatic heterocycles.